The van der Waals surface area contributed by atoms with Crippen LogP contribution in [-0.4, -0.2) is 18.9 Å². The van der Waals surface area contributed by atoms with Crippen LogP contribution in [0.15, 0.2) is 34.7 Å². The largest absolute Gasteiger partial charge is 0.468 e. The van der Waals surface area contributed by atoms with E-state index in [1.165, 1.54) is 7.11 Å². The maximum Gasteiger partial charge on any atom is 0.316 e. The molecule has 0 aliphatic heterocycles. The van der Waals surface area contributed by atoms with Crippen molar-refractivity contribution in [3.05, 3.63) is 36.1 Å². The van der Waals surface area contributed by atoms with Gasteiger partial charge in [0.1, 0.15) is 11.5 Å². The number of methoxy groups -OCH3 is 1. The summed E-state index contributed by atoms with van der Waals surface area (Å²) in [5.41, 5.74) is 0.648. The molecular formula is C16H18O4. The number of rotatable bonds is 6. The highest BCUT2D eigenvalue weighted by Crippen LogP contribution is 2.23. The third-order valence-electron chi connectivity index (χ3n) is 3.32. The van der Waals surface area contributed by atoms with Crippen molar-refractivity contribution < 1.29 is 18.7 Å². The number of carbonyl (C=O) groups is 2. The maximum atomic E-state index is 12.4. The second-order valence-corrected chi connectivity index (χ2v) is 4.73. The molecule has 2 rings (SSSR count). The van der Waals surface area contributed by atoms with Gasteiger partial charge in [0.25, 0.3) is 0 Å². The lowest BCUT2D eigenvalue weighted by Crippen LogP contribution is -2.25. The Hall–Kier alpha value is -2.10. The zero-order valence-corrected chi connectivity index (χ0v) is 11.7. The molecule has 20 heavy (non-hydrogen) atoms. The number of ketones is 1. The highest BCUT2D eigenvalue weighted by molar-refractivity contribution is 6.08. The van der Waals surface area contributed by atoms with Gasteiger partial charge in [0.2, 0.25) is 5.78 Å². The lowest BCUT2D eigenvalue weighted by molar-refractivity contribution is -0.143. The third-order valence-corrected chi connectivity index (χ3v) is 3.32. The minimum absolute atomic E-state index is 0.220. The van der Waals surface area contributed by atoms with Crippen LogP contribution in [0.4, 0.5) is 0 Å². The topological polar surface area (TPSA) is 56.5 Å². The average Bonchev–Trinajstić information content (AvgIpc) is 2.90. The molecule has 0 bridgehead atoms. The molecule has 0 N–H and O–H groups in total. The van der Waals surface area contributed by atoms with Gasteiger partial charge in [-0.05, 0) is 18.6 Å². The SMILES string of the molecule is CCCCC(C(=O)OC)C(=O)c1cc2ccccc2o1. The molecule has 0 spiro atoms. The molecule has 1 atom stereocenters. The number of hydrogen-bond acceptors (Lipinski definition) is 4. The van der Waals surface area contributed by atoms with E-state index in [2.05, 4.69) is 0 Å². The van der Waals surface area contributed by atoms with E-state index >= 15 is 0 Å². The summed E-state index contributed by atoms with van der Waals surface area (Å²) in [4.78, 5) is 24.2. The summed E-state index contributed by atoms with van der Waals surface area (Å²) in [6.07, 6.45) is 2.20. The van der Waals surface area contributed by atoms with Gasteiger partial charge in [0, 0.05) is 5.39 Å². The second kappa shape index (κ2) is 6.37. The first kappa shape index (κ1) is 14.3. The molecule has 1 aromatic carbocycles. The Kier molecular flexibility index (Phi) is 4.56. The number of fused-ring (bicyclic) bond motifs is 1. The number of unbranched alkanes of at least 4 members (excludes halogenated alkanes) is 1. The molecule has 0 saturated carbocycles. The van der Waals surface area contributed by atoms with Crippen molar-refractivity contribution in [2.45, 2.75) is 26.2 Å². The van der Waals surface area contributed by atoms with E-state index in [1.807, 2.05) is 25.1 Å². The van der Waals surface area contributed by atoms with Crippen LogP contribution in [0, 0.1) is 5.92 Å². The summed E-state index contributed by atoms with van der Waals surface area (Å²) in [6, 6.07) is 9.07. The van der Waals surface area contributed by atoms with Gasteiger partial charge in [0.05, 0.1) is 7.11 Å². The van der Waals surface area contributed by atoms with Crippen molar-refractivity contribution in [2.24, 2.45) is 5.92 Å². The first-order valence-corrected chi connectivity index (χ1v) is 6.78. The standard InChI is InChI=1S/C16H18O4/c1-3-4-8-12(16(18)19-2)15(17)14-10-11-7-5-6-9-13(11)20-14/h5-7,9-10,12H,3-4,8H2,1-2H3. The van der Waals surface area contributed by atoms with E-state index in [0.29, 0.717) is 12.0 Å². The van der Waals surface area contributed by atoms with Gasteiger partial charge in [-0.1, -0.05) is 38.0 Å². The molecular weight excluding hydrogens is 256 g/mol. The number of esters is 1. The zero-order chi connectivity index (χ0) is 14.5. The maximum absolute atomic E-state index is 12.4. The molecule has 0 radical (unpaired) electrons. The van der Waals surface area contributed by atoms with Crippen molar-refractivity contribution in [1.82, 2.24) is 0 Å². The quantitative estimate of drug-likeness (QED) is 0.459. The van der Waals surface area contributed by atoms with E-state index in [4.69, 9.17) is 9.15 Å². The van der Waals surface area contributed by atoms with Crippen LogP contribution in [0.3, 0.4) is 0 Å². The van der Waals surface area contributed by atoms with Gasteiger partial charge in [-0.15, -0.1) is 0 Å². The summed E-state index contributed by atoms with van der Waals surface area (Å²) >= 11 is 0. The lowest BCUT2D eigenvalue weighted by atomic mass is 9.96. The molecule has 0 amide bonds. The minimum atomic E-state index is -0.777. The predicted octanol–water partition coefficient (Wildman–Crippen LogP) is 3.59. The third kappa shape index (κ3) is 2.90. The minimum Gasteiger partial charge on any atom is -0.468 e. The van der Waals surface area contributed by atoms with Crippen LogP contribution in [-0.2, 0) is 9.53 Å². The molecule has 0 fully saturated rings. The fourth-order valence-electron chi connectivity index (χ4n) is 2.18. The Morgan fingerprint density at radius 2 is 2.05 bits per heavy atom. The Morgan fingerprint density at radius 3 is 2.70 bits per heavy atom. The van der Waals surface area contributed by atoms with Gasteiger partial charge < -0.3 is 9.15 Å². The summed E-state index contributed by atoms with van der Waals surface area (Å²) in [5.74, 6) is -1.36. The van der Waals surface area contributed by atoms with Crippen molar-refractivity contribution >= 4 is 22.7 Å². The number of furan rings is 1. The molecule has 0 aliphatic rings. The van der Waals surface area contributed by atoms with Gasteiger partial charge in [-0.25, -0.2) is 0 Å². The molecule has 1 unspecified atom stereocenters. The number of ether oxygens (including phenoxy) is 1. The smallest absolute Gasteiger partial charge is 0.316 e. The van der Waals surface area contributed by atoms with Crippen LogP contribution in [0.2, 0.25) is 0 Å². The van der Waals surface area contributed by atoms with Crippen LogP contribution in [0.5, 0.6) is 0 Å². The number of para-hydroxylation sites is 1. The van der Waals surface area contributed by atoms with E-state index in [9.17, 15) is 9.59 Å². The summed E-state index contributed by atoms with van der Waals surface area (Å²) in [7, 11) is 1.30. The normalized spacial score (nSPS) is 12.3. The van der Waals surface area contributed by atoms with Crippen LogP contribution in [0.25, 0.3) is 11.0 Å². The fraction of sp³-hybridized carbons (Fsp3) is 0.375. The van der Waals surface area contributed by atoms with Gasteiger partial charge >= 0.3 is 5.97 Å². The molecule has 2 aromatic rings. The summed E-state index contributed by atoms with van der Waals surface area (Å²) < 4.78 is 10.3. The number of Topliss-reactive ketones (excluding diaryl/α,β-unsaturated/α-hetero) is 1. The van der Waals surface area contributed by atoms with Gasteiger partial charge in [-0.2, -0.15) is 0 Å². The highest BCUT2D eigenvalue weighted by atomic mass is 16.5. The first-order chi connectivity index (χ1) is 9.67. The predicted molar refractivity (Wildman–Crippen MR) is 75.6 cm³/mol. The molecule has 106 valence electrons. The Bertz CT molecular complexity index is 579. The molecule has 1 heterocycles. The van der Waals surface area contributed by atoms with Crippen molar-refractivity contribution in [2.75, 3.05) is 7.11 Å². The van der Waals surface area contributed by atoms with Crippen molar-refractivity contribution in [3.63, 3.8) is 0 Å². The van der Waals surface area contributed by atoms with E-state index in [1.54, 1.807) is 12.1 Å². The Morgan fingerprint density at radius 1 is 1.30 bits per heavy atom. The highest BCUT2D eigenvalue weighted by Gasteiger charge is 2.30. The molecule has 0 saturated heterocycles. The molecule has 4 heteroatoms. The van der Waals surface area contributed by atoms with Crippen LogP contribution >= 0.6 is 0 Å². The Balaban J connectivity index is 2.27. The van der Waals surface area contributed by atoms with Crippen LogP contribution < -0.4 is 0 Å². The molecule has 4 nitrogen and oxygen atoms in total. The van der Waals surface area contributed by atoms with Gasteiger partial charge in [-0.3, -0.25) is 9.59 Å². The fourth-order valence-corrected chi connectivity index (χ4v) is 2.18. The average molecular weight is 274 g/mol. The van der Waals surface area contributed by atoms with Crippen molar-refractivity contribution in [1.29, 1.82) is 0 Å². The summed E-state index contributed by atoms with van der Waals surface area (Å²) in [6.45, 7) is 2.01. The van der Waals surface area contributed by atoms with Gasteiger partial charge in [0.15, 0.2) is 5.76 Å². The van der Waals surface area contributed by atoms with E-state index < -0.39 is 11.9 Å². The summed E-state index contributed by atoms with van der Waals surface area (Å²) in [5, 5.41) is 0.856. The number of benzene rings is 1. The van der Waals surface area contributed by atoms with E-state index in [-0.39, 0.29) is 11.5 Å². The lowest BCUT2D eigenvalue weighted by Gasteiger charge is -2.11. The molecule has 0 aliphatic carbocycles. The number of hydrogen-bond donors (Lipinski definition) is 0. The first-order valence-electron chi connectivity index (χ1n) is 6.78. The monoisotopic (exact) mass is 274 g/mol. The second-order valence-electron chi connectivity index (χ2n) is 4.73. The number of carbonyl (C=O) groups excluding carboxylic acids is 2. The zero-order valence-electron chi connectivity index (χ0n) is 11.7. The van der Waals surface area contributed by atoms with E-state index in [0.717, 1.165) is 18.2 Å². The van der Waals surface area contributed by atoms with Crippen LogP contribution in [0.1, 0.15) is 36.7 Å². The Labute approximate surface area is 117 Å². The van der Waals surface area contributed by atoms with Crippen molar-refractivity contribution in [3.8, 4) is 0 Å². The molecule has 1 aromatic heterocycles.